The summed E-state index contributed by atoms with van der Waals surface area (Å²) in [4.78, 5) is 22.9. The largest absolute Gasteiger partial charge is 0.442 e. The molecule has 104 valence electrons. The Morgan fingerprint density at radius 1 is 1.40 bits per heavy atom. The van der Waals surface area contributed by atoms with Crippen molar-refractivity contribution in [3.63, 3.8) is 0 Å². The molecular weight excluding hydrogens is 256 g/mol. The minimum Gasteiger partial charge on any atom is -0.442 e. The highest BCUT2D eigenvalue weighted by Crippen LogP contribution is 2.26. The van der Waals surface area contributed by atoms with E-state index in [4.69, 9.17) is 4.42 Å². The van der Waals surface area contributed by atoms with Crippen molar-refractivity contribution in [1.29, 1.82) is 0 Å². The van der Waals surface area contributed by atoms with Gasteiger partial charge in [0.1, 0.15) is 11.2 Å². The van der Waals surface area contributed by atoms with Gasteiger partial charge < -0.3 is 14.6 Å². The molecule has 4 rings (SSSR count). The maximum Gasteiger partial charge on any atom is 0.270 e. The quantitative estimate of drug-likeness (QED) is 0.884. The molecule has 3 unspecified atom stereocenters. The molecule has 20 heavy (non-hydrogen) atoms. The first-order valence-corrected chi connectivity index (χ1v) is 7.00. The highest BCUT2D eigenvalue weighted by molar-refractivity contribution is 5.94. The average Bonchev–Trinajstić information content (AvgIpc) is 3.04. The summed E-state index contributed by atoms with van der Waals surface area (Å²) in [5.41, 5.74) is 1.67. The van der Waals surface area contributed by atoms with E-state index >= 15 is 0 Å². The fourth-order valence-corrected chi connectivity index (χ4v) is 3.31. The van der Waals surface area contributed by atoms with Crippen LogP contribution in [-0.2, 0) is 0 Å². The van der Waals surface area contributed by atoms with Crippen LogP contribution in [0.3, 0.4) is 0 Å². The minimum atomic E-state index is -0.123. The van der Waals surface area contributed by atoms with Gasteiger partial charge in [-0.2, -0.15) is 0 Å². The molecule has 2 bridgehead atoms. The van der Waals surface area contributed by atoms with Crippen LogP contribution in [0.4, 0.5) is 0 Å². The van der Waals surface area contributed by atoms with Crippen molar-refractivity contribution >= 4 is 17.0 Å². The Labute approximate surface area is 116 Å². The van der Waals surface area contributed by atoms with Gasteiger partial charge in [0.15, 0.2) is 12.0 Å². The smallest absolute Gasteiger partial charge is 0.270 e. The Kier molecular flexibility index (Phi) is 2.70. The number of fused-ring (bicyclic) bond motifs is 3. The summed E-state index contributed by atoms with van der Waals surface area (Å²) in [5, 5.41) is 3.09. The van der Waals surface area contributed by atoms with Crippen molar-refractivity contribution in [3.8, 4) is 0 Å². The fraction of sp³-hybridized carbons (Fsp3) is 0.500. The third-order valence-corrected chi connectivity index (χ3v) is 4.25. The molecule has 1 amide bonds. The first-order valence-electron chi connectivity index (χ1n) is 7.00. The Morgan fingerprint density at radius 2 is 2.35 bits per heavy atom. The number of pyridine rings is 1. The Morgan fingerprint density at radius 3 is 3.25 bits per heavy atom. The number of nitrogens with zero attached hydrogens (tertiary/aromatic N) is 3. The number of hydrogen-bond donors (Lipinski definition) is 1. The molecule has 2 aliphatic rings. The van der Waals surface area contributed by atoms with E-state index in [1.54, 1.807) is 12.3 Å². The van der Waals surface area contributed by atoms with Crippen LogP contribution in [0, 0.1) is 5.92 Å². The van der Waals surface area contributed by atoms with Crippen LogP contribution in [-0.4, -0.2) is 46.5 Å². The van der Waals surface area contributed by atoms with E-state index in [-0.39, 0.29) is 11.9 Å². The number of piperidine rings is 1. The van der Waals surface area contributed by atoms with Gasteiger partial charge in [-0.05, 0) is 31.4 Å². The van der Waals surface area contributed by atoms with Gasteiger partial charge in [0, 0.05) is 19.1 Å². The zero-order chi connectivity index (χ0) is 13.5. The maximum absolute atomic E-state index is 12.3. The molecule has 1 N–H and O–H groups in total. The molecule has 0 aromatic carbocycles. The van der Waals surface area contributed by atoms with Gasteiger partial charge in [-0.3, -0.25) is 4.79 Å². The second-order valence-corrected chi connectivity index (χ2v) is 5.71. The van der Waals surface area contributed by atoms with Crippen LogP contribution < -0.4 is 5.32 Å². The van der Waals surface area contributed by atoms with Crippen molar-refractivity contribution in [2.45, 2.75) is 18.9 Å². The normalized spacial score (nSPS) is 28.7. The second kappa shape index (κ2) is 4.56. The number of aromatic nitrogens is 2. The summed E-state index contributed by atoms with van der Waals surface area (Å²) in [7, 11) is 0. The van der Waals surface area contributed by atoms with E-state index in [2.05, 4.69) is 20.2 Å². The lowest BCUT2D eigenvalue weighted by molar-refractivity contribution is 0.0904. The van der Waals surface area contributed by atoms with E-state index < -0.39 is 0 Å². The number of rotatable bonds is 2. The van der Waals surface area contributed by atoms with Crippen LogP contribution in [0.25, 0.3) is 11.1 Å². The zero-order valence-corrected chi connectivity index (χ0v) is 11.1. The minimum absolute atomic E-state index is 0.123. The first-order chi connectivity index (χ1) is 9.78. The number of carbonyl (C=O) groups excluding carboxylic acids is 1. The van der Waals surface area contributed by atoms with Gasteiger partial charge in [0.05, 0.1) is 6.20 Å². The molecule has 4 heterocycles. The van der Waals surface area contributed by atoms with Crippen molar-refractivity contribution in [3.05, 3.63) is 24.4 Å². The Bertz CT molecular complexity index is 641. The lowest BCUT2D eigenvalue weighted by Crippen LogP contribution is -2.47. The highest BCUT2D eigenvalue weighted by Gasteiger charge is 2.33. The molecule has 0 spiro atoms. The molecule has 2 fully saturated rings. The lowest BCUT2D eigenvalue weighted by atomic mass is 9.97. The predicted octanol–water partition coefficient (Wildman–Crippen LogP) is 1.05. The van der Waals surface area contributed by atoms with Crippen LogP contribution in [0.1, 0.15) is 23.3 Å². The molecule has 6 heteroatoms. The van der Waals surface area contributed by atoms with Gasteiger partial charge in [-0.15, -0.1) is 0 Å². The molecule has 2 aliphatic heterocycles. The zero-order valence-electron chi connectivity index (χ0n) is 11.1. The molecule has 2 aromatic heterocycles. The molecule has 3 atom stereocenters. The van der Waals surface area contributed by atoms with Crippen molar-refractivity contribution in [1.82, 2.24) is 20.2 Å². The lowest BCUT2D eigenvalue weighted by Gasteiger charge is -2.30. The van der Waals surface area contributed by atoms with Crippen LogP contribution >= 0.6 is 0 Å². The van der Waals surface area contributed by atoms with E-state index in [1.807, 2.05) is 0 Å². The Hall–Kier alpha value is -1.95. The van der Waals surface area contributed by atoms with E-state index in [0.29, 0.717) is 16.8 Å². The molecule has 2 aromatic rings. The van der Waals surface area contributed by atoms with Gasteiger partial charge in [-0.1, -0.05) is 0 Å². The highest BCUT2D eigenvalue weighted by atomic mass is 16.3. The topological polar surface area (TPSA) is 71.3 Å². The van der Waals surface area contributed by atoms with Crippen LogP contribution in [0.2, 0.25) is 0 Å². The van der Waals surface area contributed by atoms with Gasteiger partial charge in [-0.25, -0.2) is 9.97 Å². The van der Waals surface area contributed by atoms with E-state index in [1.165, 1.54) is 25.9 Å². The van der Waals surface area contributed by atoms with E-state index in [9.17, 15) is 4.79 Å². The fourth-order valence-electron chi connectivity index (χ4n) is 3.31. The third-order valence-electron chi connectivity index (χ3n) is 4.25. The number of carbonyl (C=O) groups is 1. The number of hydrogen-bond acceptors (Lipinski definition) is 5. The maximum atomic E-state index is 12.3. The molecule has 0 aliphatic carbocycles. The van der Waals surface area contributed by atoms with Crippen molar-refractivity contribution in [2.24, 2.45) is 5.92 Å². The summed E-state index contributed by atoms with van der Waals surface area (Å²) in [5.74, 6) is 0.613. The van der Waals surface area contributed by atoms with Gasteiger partial charge >= 0.3 is 0 Å². The summed E-state index contributed by atoms with van der Waals surface area (Å²) in [6.45, 7) is 3.31. The van der Waals surface area contributed by atoms with Gasteiger partial charge in [0.25, 0.3) is 5.91 Å². The van der Waals surface area contributed by atoms with E-state index in [0.717, 1.165) is 18.9 Å². The number of amides is 1. The molecule has 6 nitrogen and oxygen atoms in total. The SMILES string of the molecule is O=C(NC1CC2CCN(C2)C1)c1cc2ncoc2cn1. The summed E-state index contributed by atoms with van der Waals surface area (Å²) in [6, 6.07) is 1.91. The molecular formula is C14H16N4O2. The van der Waals surface area contributed by atoms with Crippen LogP contribution in [0.5, 0.6) is 0 Å². The summed E-state index contributed by atoms with van der Waals surface area (Å²) < 4.78 is 5.13. The van der Waals surface area contributed by atoms with Crippen LogP contribution in [0.15, 0.2) is 23.1 Å². The monoisotopic (exact) mass is 272 g/mol. The second-order valence-electron chi connectivity index (χ2n) is 5.71. The number of oxazole rings is 1. The first kappa shape index (κ1) is 11.8. The average molecular weight is 272 g/mol. The third kappa shape index (κ3) is 2.06. The van der Waals surface area contributed by atoms with Crippen molar-refractivity contribution in [2.75, 3.05) is 19.6 Å². The summed E-state index contributed by atoms with van der Waals surface area (Å²) >= 11 is 0. The molecule has 2 saturated heterocycles. The molecule has 0 radical (unpaired) electrons. The Balaban J connectivity index is 1.49. The predicted molar refractivity (Wildman–Crippen MR) is 72.2 cm³/mol. The standard InChI is InChI=1S/C14H16N4O2/c19-14(12-4-11-13(5-15-12)20-8-16-11)17-10-3-9-1-2-18(6-9)7-10/h4-5,8-10H,1-3,6-7H2,(H,17,19). The molecule has 0 saturated carbocycles. The number of nitrogens with one attached hydrogen (secondary N) is 1. The van der Waals surface area contributed by atoms with Crippen molar-refractivity contribution < 1.29 is 9.21 Å². The summed E-state index contributed by atoms with van der Waals surface area (Å²) in [6.07, 6.45) is 5.25. The van der Waals surface area contributed by atoms with Gasteiger partial charge in [0.2, 0.25) is 0 Å².